The molecule has 2 nitrogen and oxygen atoms in total. The molecule has 0 bridgehead atoms. The van der Waals surface area contributed by atoms with Gasteiger partial charge in [-0.3, -0.25) is 4.79 Å². The van der Waals surface area contributed by atoms with Crippen molar-refractivity contribution in [2.45, 2.75) is 44.9 Å². The van der Waals surface area contributed by atoms with Crippen molar-refractivity contribution in [2.75, 3.05) is 0 Å². The van der Waals surface area contributed by atoms with Gasteiger partial charge < -0.3 is 5.11 Å². The maximum absolute atomic E-state index is 10.2. The van der Waals surface area contributed by atoms with Crippen molar-refractivity contribution >= 4 is 5.97 Å². The highest BCUT2D eigenvalue weighted by Gasteiger charge is 2.09. The number of allylic oxidation sites excluding steroid dienone is 2. The average molecular weight is 182 g/mol. The summed E-state index contributed by atoms with van der Waals surface area (Å²) in [5.41, 5.74) is 0. The lowest BCUT2D eigenvalue weighted by molar-refractivity contribution is -0.136. The van der Waals surface area contributed by atoms with Gasteiger partial charge in [-0.25, -0.2) is 0 Å². The molecular formula is C11H18O2. The van der Waals surface area contributed by atoms with Crippen LogP contribution in [0.3, 0.4) is 0 Å². The molecule has 1 aliphatic rings. The van der Waals surface area contributed by atoms with E-state index in [2.05, 4.69) is 6.08 Å². The largest absolute Gasteiger partial charge is 0.481 e. The molecule has 1 fully saturated rings. The SMILES string of the molecule is O=C(O)CC/C=C\C1CCCCC1. The Morgan fingerprint density at radius 3 is 2.62 bits per heavy atom. The predicted octanol–water partition coefficient (Wildman–Crippen LogP) is 2.99. The van der Waals surface area contributed by atoms with E-state index in [0.717, 1.165) is 5.92 Å². The quantitative estimate of drug-likeness (QED) is 0.678. The summed E-state index contributed by atoms with van der Waals surface area (Å²) < 4.78 is 0. The van der Waals surface area contributed by atoms with E-state index in [1.54, 1.807) is 0 Å². The van der Waals surface area contributed by atoms with Crippen LogP contribution in [0, 0.1) is 5.92 Å². The molecule has 0 amide bonds. The monoisotopic (exact) mass is 182 g/mol. The molecule has 0 aromatic rings. The van der Waals surface area contributed by atoms with E-state index in [4.69, 9.17) is 5.11 Å². The number of carboxylic acid groups (broad SMARTS) is 1. The maximum Gasteiger partial charge on any atom is 0.303 e. The van der Waals surface area contributed by atoms with Crippen molar-refractivity contribution < 1.29 is 9.90 Å². The maximum atomic E-state index is 10.2. The third kappa shape index (κ3) is 4.71. The first-order valence-corrected chi connectivity index (χ1v) is 5.17. The molecule has 0 saturated heterocycles. The van der Waals surface area contributed by atoms with E-state index in [0.29, 0.717) is 6.42 Å². The van der Waals surface area contributed by atoms with Crippen LogP contribution in [0.4, 0.5) is 0 Å². The minimum Gasteiger partial charge on any atom is -0.481 e. The Morgan fingerprint density at radius 2 is 2.00 bits per heavy atom. The number of carboxylic acids is 1. The van der Waals surface area contributed by atoms with Gasteiger partial charge in [-0.15, -0.1) is 0 Å². The van der Waals surface area contributed by atoms with Gasteiger partial charge in [-0.1, -0.05) is 31.4 Å². The number of hydrogen-bond donors (Lipinski definition) is 1. The van der Waals surface area contributed by atoms with Crippen molar-refractivity contribution in [3.05, 3.63) is 12.2 Å². The van der Waals surface area contributed by atoms with Gasteiger partial charge >= 0.3 is 5.97 Å². The van der Waals surface area contributed by atoms with Crippen LogP contribution in [0.1, 0.15) is 44.9 Å². The molecule has 0 aromatic heterocycles. The van der Waals surface area contributed by atoms with Crippen LogP contribution in [0.25, 0.3) is 0 Å². The van der Waals surface area contributed by atoms with Crippen molar-refractivity contribution in [1.29, 1.82) is 0 Å². The van der Waals surface area contributed by atoms with Crippen molar-refractivity contribution in [3.8, 4) is 0 Å². The Hall–Kier alpha value is -0.790. The van der Waals surface area contributed by atoms with Gasteiger partial charge in [0, 0.05) is 6.42 Å². The second-order valence-electron chi connectivity index (χ2n) is 3.76. The first-order chi connectivity index (χ1) is 6.29. The van der Waals surface area contributed by atoms with Gasteiger partial charge in [0.05, 0.1) is 0 Å². The van der Waals surface area contributed by atoms with Crippen LogP contribution in [0.2, 0.25) is 0 Å². The summed E-state index contributed by atoms with van der Waals surface area (Å²) in [5, 5.41) is 8.42. The minimum atomic E-state index is -0.701. The van der Waals surface area contributed by atoms with Crippen LogP contribution >= 0.6 is 0 Å². The topological polar surface area (TPSA) is 37.3 Å². The zero-order valence-electron chi connectivity index (χ0n) is 8.04. The molecule has 0 heterocycles. The number of carbonyl (C=O) groups is 1. The summed E-state index contributed by atoms with van der Waals surface area (Å²) >= 11 is 0. The van der Waals surface area contributed by atoms with Gasteiger partial charge in [-0.05, 0) is 25.2 Å². The van der Waals surface area contributed by atoms with E-state index >= 15 is 0 Å². The molecule has 1 aliphatic carbocycles. The summed E-state index contributed by atoms with van der Waals surface area (Å²) in [5.74, 6) is 0.0239. The number of rotatable bonds is 4. The number of hydrogen-bond acceptors (Lipinski definition) is 1. The first kappa shape index (κ1) is 10.3. The van der Waals surface area contributed by atoms with E-state index in [9.17, 15) is 4.79 Å². The molecule has 1 N–H and O–H groups in total. The number of aliphatic carboxylic acids is 1. The molecule has 0 radical (unpaired) electrons. The smallest absolute Gasteiger partial charge is 0.303 e. The molecule has 1 rings (SSSR count). The standard InChI is InChI=1S/C11H18O2/c12-11(13)9-5-4-8-10-6-2-1-3-7-10/h4,8,10H,1-3,5-7,9H2,(H,12,13)/b8-4-. The molecular weight excluding hydrogens is 164 g/mol. The Labute approximate surface area is 79.6 Å². The van der Waals surface area contributed by atoms with Crippen LogP contribution in [-0.2, 0) is 4.79 Å². The zero-order chi connectivity index (χ0) is 9.52. The predicted molar refractivity (Wildman–Crippen MR) is 52.6 cm³/mol. The average Bonchev–Trinajstić information content (AvgIpc) is 2.14. The van der Waals surface area contributed by atoms with E-state index in [1.807, 2.05) is 6.08 Å². The fraction of sp³-hybridized carbons (Fsp3) is 0.727. The Balaban J connectivity index is 2.11. The minimum absolute atomic E-state index is 0.267. The molecule has 1 saturated carbocycles. The zero-order valence-corrected chi connectivity index (χ0v) is 8.04. The fourth-order valence-corrected chi connectivity index (χ4v) is 1.82. The first-order valence-electron chi connectivity index (χ1n) is 5.17. The van der Waals surface area contributed by atoms with Gasteiger partial charge in [0.1, 0.15) is 0 Å². The molecule has 0 aromatic carbocycles. The van der Waals surface area contributed by atoms with Gasteiger partial charge in [-0.2, -0.15) is 0 Å². The summed E-state index contributed by atoms with van der Waals surface area (Å²) in [4.78, 5) is 10.2. The van der Waals surface area contributed by atoms with E-state index in [1.165, 1.54) is 32.1 Å². The third-order valence-electron chi connectivity index (χ3n) is 2.58. The third-order valence-corrected chi connectivity index (χ3v) is 2.58. The molecule has 0 spiro atoms. The van der Waals surface area contributed by atoms with E-state index < -0.39 is 5.97 Å². The molecule has 0 atom stereocenters. The molecule has 0 aliphatic heterocycles. The Morgan fingerprint density at radius 1 is 1.31 bits per heavy atom. The van der Waals surface area contributed by atoms with Crippen LogP contribution in [-0.4, -0.2) is 11.1 Å². The van der Waals surface area contributed by atoms with Gasteiger partial charge in [0.15, 0.2) is 0 Å². The molecule has 74 valence electrons. The highest BCUT2D eigenvalue weighted by atomic mass is 16.4. The van der Waals surface area contributed by atoms with Crippen LogP contribution in [0.5, 0.6) is 0 Å². The molecule has 0 unspecified atom stereocenters. The van der Waals surface area contributed by atoms with Crippen molar-refractivity contribution in [2.24, 2.45) is 5.92 Å². The lowest BCUT2D eigenvalue weighted by atomic mass is 9.89. The lowest BCUT2D eigenvalue weighted by Gasteiger charge is -2.17. The lowest BCUT2D eigenvalue weighted by Crippen LogP contribution is -2.02. The van der Waals surface area contributed by atoms with Gasteiger partial charge in [0.25, 0.3) is 0 Å². The molecule has 2 heteroatoms. The summed E-state index contributed by atoms with van der Waals surface area (Å²) in [6.45, 7) is 0. The Kier molecular flexibility index (Phi) is 4.58. The highest BCUT2D eigenvalue weighted by Crippen LogP contribution is 2.24. The van der Waals surface area contributed by atoms with Gasteiger partial charge in [0.2, 0.25) is 0 Å². The normalized spacial score (nSPS) is 19.4. The van der Waals surface area contributed by atoms with Crippen LogP contribution < -0.4 is 0 Å². The van der Waals surface area contributed by atoms with Crippen LogP contribution in [0.15, 0.2) is 12.2 Å². The summed E-state index contributed by atoms with van der Waals surface area (Å²) in [6.07, 6.45) is 11.8. The Bertz CT molecular complexity index is 179. The van der Waals surface area contributed by atoms with Crippen molar-refractivity contribution in [1.82, 2.24) is 0 Å². The summed E-state index contributed by atoms with van der Waals surface area (Å²) in [6, 6.07) is 0. The highest BCUT2D eigenvalue weighted by molar-refractivity contribution is 5.66. The van der Waals surface area contributed by atoms with Crippen molar-refractivity contribution in [3.63, 3.8) is 0 Å². The van der Waals surface area contributed by atoms with E-state index in [-0.39, 0.29) is 6.42 Å². The molecule has 13 heavy (non-hydrogen) atoms. The second kappa shape index (κ2) is 5.79. The fourth-order valence-electron chi connectivity index (χ4n) is 1.82. The second-order valence-corrected chi connectivity index (χ2v) is 3.76. The summed E-state index contributed by atoms with van der Waals surface area (Å²) in [7, 11) is 0.